The lowest BCUT2D eigenvalue weighted by Gasteiger charge is -2.35. The molecule has 0 radical (unpaired) electrons. The highest BCUT2D eigenvalue weighted by molar-refractivity contribution is 5.39. The number of piperazine rings is 1. The zero-order valence-corrected chi connectivity index (χ0v) is 13.2. The minimum Gasteiger partial charge on any atom is -0.397 e. The van der Waals surface area contributed by atoms with Crippen LogP contribution in [0.25, 0.3) is 0 Å². The first-order valence-corrected chi connectivity index (χ1v) is 7.90. The normalized spacial score (nSPS) is 15.0. The third kappa shape index (κ3) is 4.44. The van der Waals surface area contributed by atoms with Crippen molar-refractivity contribution in [2.75, 3.05) is 43.4 Å². The summed E-state index contributed by atoms with van der Waals surface area (Å²) in [6, 6.07) is 9.74. The monoisotopic (exact) mass is 307 g/mol. The first-order valence-electron chi connectivity index (χ1n) is 7.90. The molecule has 2 N–H and O–H groups in total. The van der Waals surface area contributed by atoms with E-state index < -0.39 is 0 Å². The van der Waals surface area contributed by atoms with E-state index in [4.69, 9.17) is 5.73 Å². The maximum absolute atomic E-state index is 5.61. The summed E-state index contributed by atoms with van der Waals surface area (Å²) in [5, 5.41) is 0. The van der Waals surface area contributed by atoms with Crippen molar-refractivity contribution in [1.82, 2.24) is 14.9 Å². The molecule has 2 aromatic heterocycles. The van der Waals surface area contributed by atoms with Crippen LogP contribution in [-0.4, -0.2) is 47.6 Å². The zero-order chi connectivity index (χ0) is 15.9. The van der Waals surface area contributed by atoms with E-state index in [1.54, 1.807) is 6.20 Å². The lowest BCUT2D eigenvalue weighted by atomic mass is 10.2. The summed E-state index contributed by atoms with van der Waals surface area (Å²) in [4.78, 5) is 13.4. The van der Waals surface area contributed by atoms with Gasteiger partial charge in [0.25, 0.3) is 0 Å². The Balaban J connectivity index is 1.42. The Kier molecular flexibility index (Phi) is 5.07. The number of aromatic nitrogens is 2. The van der Waals surface area contributed by atoms with E-state index in [1.807, 2.05) is 30.5 Å². The maximum Gasteiger partial charge on any atom is 0.128 e. The number of rotatable bonds is 3. The summed E-state index contributed by atoms with van der Waals surface area (Å²) < 4.78 is 0. The van der Waals surface area contributed by atoms with E-state index in [2.05, 4.69) is 37.7 Å². The van der Waals surface area contributed by atoms with E-state index in [-0.39, 0.29) is 0 Å². The molecule has 3 heterocycles. The predicted molar refractivity (Wildman–Crippen MR) is 93.0 cm³/mol. The van der Waals surface area contributed by atoms with Crippen LogP contribution in [0.5, 0.6) is 0 Å². The molecule has 0 amide bonds. The van der Waals surface area contributed by atoms with Crippen LogP contribution in [-0.2, 0) is 0 Å². The highest BCUT2D eigenvalue weighted by atomic mass is 15.3. The zero-order valence-electron chi connectivity index (χ0n) is 13.2. The van der Waals surface area contributed by atoms with Gasteiger partial charge in [0.15, 0.2) is 0 Å². The van der Waals surface area contributed by atoms with Crippen LogP contribution in [0.15, 0.2) is 42.7 Å². The predicted octanol–water partition coefficient (Wildman–Crippen LogP) is 1.62. The first-order chi connectivity index (χ1) is 11.3. The molecule has 2 aromatic rings. The van der Waals surface area contributed by atoms with E-state index >= 15 is 0 Å². The lowest BCUT2D eigenvalue weighted by Crippen LogP contribution is -2.46. The highest BCUT2D eigenvalue weighted by Gasteiger charge is 2.16. The van der Waals surface area contributed by atoms with Gasteiger partial charge in [-0.05, 0) is 30.2 Å². The molecule has 5 heteroatoms. The lowest BCUT2D eigenvalue weighted by molar-refractivity contribution is 0.263. The fourth-order valence-corrected chi connectivity index (χ4v) is 2.59. The Labute approximate surface area is 137 Å². The third-order valence-corrected chi connectivity index (χ3v) is 3.90. The van der Waals surface area contributed by atoms with Crippen molar-refractivity contribution in [2.45, 2.75) is 6.42 Å². The number of nitrogens with two attached hydrogens (primary N) is 1. The number of pyridine rings is 2. The molecular weight excluding hydrogens is 286 g/mol. The van der Waals surface area contributed by atoms with Gasteiger partial charge in [0.05, 0.1) is 11.9 Å². The van der Waals surface area contributed by atoms with Gasteiger partial charge in [-0.3, -0.25) is 4.90 Å². The van der Waals surface area contributed by atoms with E-state index in [1.165, 1.54) is 0 Å². The Morgan fingerprint density at radius 2 is 1.91 bits per heavy atom. The van der Waals surface area contributed by atoms with Crippen molar-refractivity contribution in [1.29, 1.82) is 0 Å². The molecule has 0 atom stereocenters. The van der Waals surface area contributed by atoms with Crippen LogP contribution in [0.4, 0.5) is 11.5 Å². The second-order valence-corrected chi connectivity index (χ2v) is 5.55. The first kappa shape index (κ1) is 15.3. The molecule has 0 saturated carbocycles. The van der Waals surface area contributed by atoms with Gasteiger partial charge in [0.1, 0.15) is 11.5 Å². The Hall–Kier alpha value is -2.58. The fraction of sp³-hybridized carbons (Fsp3) is 0.333. The third-order valence-electron chi connectivity index (χ3n) is 3.90. The van der Waals surface area contributed by atoms with Crippen molar-refractivity contribution < 1.29 is 0 Å². The molecule has 1 aliphatic rings. The molecule has 1 aliphatic heterocycles. The van der Waals surface area contributed by atoms with Crippen LogP contribution in [0.3, 0.4) is 0 Å². The van der Waals surface area contributed by atoms with Crippen molar-refractivity contribution in [3.05, 3.63) is 48.4 Å². The van der Waals surface area contributed by atoms with Gasteiger partial charge in [-0.15, -0.1) is 0 Å². The fourth-order valence-electron chi connectivity index (χ4n) is 2.59. The van der Waals surface area contributed by atoms with E-state index in [0.29, 0.717) is 5.69 Å². The molecular formula is C18H21N5. The average molecular weight is 307 g/mol. The van der Waals surface area contributed by atoms with E-state index in [9.17, 15) is 0 Å². The van der Waals surface area contributed by atoms with Crippen molar-refractivity contribution >= 4 is 11.5 Å². The molecule has 0 unspecified atom stereocenters. The van der Waals surface area contributed by atoms with Crippen molar-refractivity contribution in [3.8, 4) is 11.8 Å². The second kappa shape index (κ2) is 7.61. The molecule has 23 heavy (non-hydrogen) atoms. The number of nitrogen functional groups attached to an aromatic ring is 1. The van der Waals surface area contributed by atoms with Crippen molar-refractivity contribution in [3.63, 3.8) is 0 Å². The van der Waals surface area contributed by atoms with Crippen LogP contribution in [0, 0.1) is 11.8 Å². The molecule has 1 fully saturated rings. The van der Waals surface area contributed by atoms with Crippen molar-refractivity contribution in [2.24, 2.45) is 0 Å². The molecule has 0 aromatic carbocycles. The topological polar surface area (TPSA) is 58.3 Å². The van der Waals surface area contributed by atoms with Crippen LogP contribution in [0.2, 0.25) is 0 Å². The minimum atomic E-state index is 0.668. The van der Waals surface area contributed by atoms with Gasteiger partial charge >= 0.3 is 0 Å². The molecule has 5 nitrogen and oxygen atoms in total. The molecule has 1 saturated heterocycles. The van der Waals surface area contributed by atoms with Gasteiger partial charge < -0.3 is 10.6 Å². The standard InChI is InChI=1S/C18H21N5/c19-16-7-8-17(21-15-16)5-2-4-10-22-11-13-23(14-12-22)18-6-1-3-9-20-18/h1,3,6-9,15H,4,10-14,19H2. The molecule has 118 valence electrons. The summed E-state index contributed by atoms with van der Waals surface area (Å²) in [5.74, 6) is 7.34. The Bertz CT molecular complexity index is 664. The second-order valence-electron chi connectivity index (χ2n) is 5.55. The maximum atomic E-state index is 5.61. The van der Waals surface area contributed by atoms with Gasteiger partial charge in [-0.25, -0.2) is 9.97 Å². The highest BCUT2D eigenvalue weighted by Crippen LogP contribution is 2.12. The number of hydrogen-bond acceptors (Lipinski definition) is 5. The molecule has 3 rings (SSSR count). The van der Waals surface area contributed by atoms with Crippen LogP contribution in [0.1, 0.15) is 12.1 Å². The van der Waals surface area contributed by atoms with E-state index in [0.717, 1.165) is 50.7 Å². The van der Waals surface area contributed by atoms with Gasteiger partial charge in [0.2, 0.25) is 0 Å². The SMILES string of the molecule is Nc1ccc(C#CCCN2CCN(c3ccccn3)CC2)nc1. The summed E-state index contributed by atoms with van der Waals surface area (Å²) in [6.45, 7) is 5.14. The molecule has 0 bridgehead atoms. The van der Waals surface area contributed by atoms with Gasteiger partial charge in [0, 0.05) is 45.3 Å². The van der Waals surface area contributed by atoms with Gasteiger partial charge in [-0.1, -0.05) is 12.0 Å². The minimum absolute atomic E-state index is 0.668. The Morgan fingerprint density at radius 3 is 2.61 bits per heavy atom. The summed E-state index contributed by atoms with van der Waals surface area (Å²) >= 11 is 0. The summed E-state index contributed by atoms with van der Waals surface area (Å²) in [5.41, 5.74) is 7.05. The number of anilines is 2. The summed E-state index contributed by atoms with van der Waals surface area (Å²) in [6.07, 6.45) is 4.35. The van der Waals surface area contributed by atoms with Crippen LogP contribution >= 0.6 is 0 Å². The molecule has 0 aliphatic carbocycles. The number of nitrogens with zero attached hydrogens (tertiary/aromatic N) is 4. The smallest absolute Gasteiger partial charge is 0.128 e. The van der Waals surface area contributed by atoms with Gasteiger partial charge in [-0.2, -0.15) is 0 Å². The van der Waals surface area contributed by atoms with Crippen LogP contribution < -0.4 is 10.6 Å². The average Bonchev–Trinajstić information content (AvgIpc) is 2.62. The largest absolute Gasteiger partial charge is 0.397 e. The molecule has 0 spiro atoms. The quantitative estimate of drug-likeness (QED) is 0.873. The Morgan fingerprint density at radius 1 is 1.04 bits per heavy atom. The number of hydrogen-bond donors (Lipinski definition) is 1. The summed E-state index contributed by atoms with van der Waals surface area (Å²) in [7, 11) is 0.